The first-order valence-corrected chi connectivity index (χ1v) is 10.2. The van der Waals surface area contributed by atoms with Crippen LogP contribution < -0.4 is 0 Å². The molecule has 0 N–H and O–H groups in total. The number of nitrogens with zero attached hydrogens (tertiary/aromatic N) is 2. The molecule has 1 aliphatic heterocycles. The molecule has 28 heavy (non-hydrogen) atoms. The van der Waals surface area contributed by atoms with Crippen molar-refractivity contribution in [3.8, 4) is 6.07 Å². The zero-order chi connectivity index (χ0) is 19.7. The van der Waals surface area contributed by atoms with E-state index in [2.05, 4.69) is 26.9 Å². The van der Waals surface area contributed by atoms with Crippen LogP contribution in [0, 0.1) is 17.1 Å². The molecule has 1 saturated heterocycles. The van der Waals surface area contributed by atoms with Gasteiger partial charge in [0.2, 0.25) is 0 Å². The molecule has 2 atom stereocenters. The monoisotopic (exact) mass is 454 g/mol. The summed E-state index contributed by atoms with van der Waals surface area (Å²) in [5.74, 6) is -0.245. The molecule has 1 fully saturated rings. The molecule has 0 radical (unpaired) electrons. The van der Waals surface area contributed by atoms with E-state index in [1.54, 1.807) is 12.1 Å². The maximum atomic E-state index is 14.0. The van der Waals surface area contributed by atoms with Gasteiger partial charge >= 0.3 is 0 Å². The van der Waals surface area contributed by atoms with E-state index in [4.69, 9.17) is 11.6 Å². The normalized spacial score (nSPS) is 17.6. The minimum atomic E-state index is -0.245. The number of benzene rings is 3. The summed E-state index contributed by atoms with van der Waals surface area (Å²) in [7, 11) is 0. The van der Waals surface area contributed by atoms with Crippen molar-refractivity contribution in [1.29, 1.82) is 5.26 Å². The van der Waals surface area contributed by atoms with Crippen molar-refractivity contribution in [2.24, 2.45) is 0 Å². The first-order valence-electron chi connectivity index (χ1n) is 9.02. The van der Waals surface area contributed by atoms with Crippen LogP contribution in [-0.2, 0) is 0 Å². The van der Waals surface area contributed by atoms with Gasteiger partial charge in [0.1, 0.15) is 5.82 Å². The van der Waals surface area contributed by atoms with Crippen LogP contribution in [0.15, 0.2) is 71.2 Å². The largest absolute Gasteiger partial charge is 0.285 e. The van der Waals surface area contributed by atoms with Gasteiger partial charge in [-0.05, 0) is 65.6 Å². The van der Waals surface area contributed by atoms with Crippen LogP contribution in [0.1, 0.15) is 40.8 Å². The van der Waals surface area contributed by atoms with Crippen molar-refractivity contribution in [1.82, 2.24) is 4.90 Å². The Labute approximate surface area is 177 Å². The lowest BCUT2D eigenvalue weighted by Crippen LogP contribution is -2.43. The molecule has 0 saturated carbocycles. The predicted molar refractivity (Wildman–Crippen MR) is 113 cm³/mol. The highest BCUT2D eigenvalue weighted by Crippen LogP contribution is 2.44. The number of rotatable bonds is 4. The molecule has 140 valence electrons. The number of hydrogen-bond donors (Lipinski definition) is 0. The minimum absolute atomic E-state index is 0.0358. The van der Waals surface area contributed by atoms with Crippen LogP contribution in [0.2, 0.25) is 5.02 Å². The first kappa shape index (κ1) is 19.1. The Balaban J connectivity index is 1.77. The molecule has 0 unspecified atom stereocenters. The predicted octanol–water partition coefficient (Wildman–Crippen LogP) is 6.65. The summed E-state index contributed by atoms with van der Waals surface area (Å²) in [6, 6.07) is 22.8. The van der Waals surface area contributed by atoms with Crippen molar-refractivity contribution in [3.05, 3.63) is 104 Å². The SMILES string of the molecule is N#Cc1cccc([C@H](c2ccc(Cl)cc2)N2CC[C@H]2c2cc(F)cc(Br)c2)c1. The molecule has 0 aromatic heterocycles. The molecule has 0 aliphatic carbocycles. The zero-order valence-electron chi connectivity index (χ0n) is 14.9. The second-order valence-electron chi connectivity index (χ2n) is 6.94. The Morgan fingerprint density at radius 3 is 2.50 bits per heavy atom. The van der Waals surface area contributed by atoms with E-state index in [1.807, 2.05) is 48.5 Å². The van der Waals surface area contributed by atoms with Crippen molar-refractivity contribution >= 4 is 27.5 Å². The highest BCUT2D eigenvalue weighted by molar-refractivity contribution is 9.10. The average molecular weight is 456 g/mol. The van der Waals surface area contributed by atoms with Gasteiger partial charge in [-0.25, -0.2) is 4.39 Å². The van der Waals surface area contributed by atoms with Gasteiger partial charge in [0.25, 0.3) is 0 Å². The van der Waals surface area contributed by atoms with Crippen LogP contribution in [0.4, 0.5) is 4.39 Å². The van der Waals surface area contributed by atoms with E-state index in [0.717, 1.165) is 34.1 Å². The van der Waals surface area contributed by atoms with Crippen LogP contribution in [-0.4, -0.2) is 11.4 Å². The highest BCUT2D eigenvalue weighted by Gasteiger charge is 2.37. The topological polar surface area (TPSA) is 27.0 Å². The lowest BCUT2D eigenvalue weighted by atomic mass is 9.87. The molecule has 2 nitrogen and oxygen atoms in total. The summed E-state index contributed by atoms with van der Waals surface area (Å²) in [6.07, 6.45) is 0.956. The van der Waals surface area contributed by atoms with E-state index in [-0.39, 0.29) is 17.9 Å². The second kappa shape index (κ2) is 8.05. The summed E-state index contributed by atoms with van der Waals surface area (Å²) in [5, 5.41) is 10.0. The van der Waals surface area contributed by atoms with Gasteiger partial charge in [-0.2, -0.15) is 5.26 Å². The summed E-state index contributed by atoms with van der Waals surface area (Å²) < 4.78 is 14.7. The van der Waals surface area contributed by atoms with E-state index >= 15 is 0 Å². The van der Waals surface area contributed by atoms with Crippen molar-refractivity contribution in [3.63, 3.8) is 0 Å². The fourth-order valence-corrected chi connectivity index (χ4v) is 4.45. The highest BCUT2D eigenvalue weighted by atomic mass is 79.9. The standard InChI is InChI=1S/C23H17BrClFN2/c24-19-11-18(12-21(26)13-19)22-8-9-28(22)23(16-4-6-20(25)7-5-16)17-3-1-2-15(10-17)14-27/h1-7,10-13,22-23H,8-9H2/t22-,23-/m0/s1. The Morgan fingerprint density at radius 2 is 1.86 bits per heavy atom. The quantitative estimate of drug-likeness (QED) is 0.440. The van der Waals surface area contributed by atoms with Crippen molar-refractivity contribution < 1.29 is 4.39 Å². The fraction of sp³-hybridized carbons (Fsp3) is 0.174. The minimum Gasteiger partial charge on any atom is -0.285 e. The molecule has 0 bridgehead atoms. The third kappa shape index (κ3) is 3.84. The molecule has 0 spiro atoms. The van der Waals surface area contributed by atoms with Gasteiger partial charge < -0.3 is 0 Å². The van der Waals surface area contributed by atoms with Crippen LogP contribution in [0.25, 0.3) is 0 Å². The van der Waals surface area contributed by atoms with E-state index < -0.39 is 0 Å². The Morgan fingerprint density at radius 1 is 1.07 bits per heavy atom. The molecule has 1 aliphatic rings. The van der Waals surface area contributed by atoms with E-state index in [9.17, 15) is 9.65 Å². The molecule has 1 heterocycles. The number of likely N-dealkylation sites (tertiary alicyclic amines) is 1. The smallest absolute Gasteiger partial charge is 0.124 e. The molecular formula is C23H17BrClFN2. The van der Waals surface area contributed by atoms with E-state index in [1.165, 1.54) is 6.07 Å². The van der Waals surface area contributed by atoms with Gasteiger partial charge in [-0.1, -0.05) is 51.8 Å². The van der Waals surface area contributed by atoms with Gasteiger partial charge in [0.15, 0.2) is 0 Å². The Kier molecular flexibility index (Phi) is 5.50. The third-order valence-electron chi connectivity index (χ3n) is 5.18. The lowest BCUT2D eigenvalue weighted by Gasteiger charge is -2.47. The lowest BCUT2D eigenvalue weighted by molar-refractivity contribution is 0.0564. The fourth-order valence-electron chi connectivity index (χ4n) is 3.84. The molecule has 0 amide bonds. The molecule has 3 aromatic rings. The van der Waals surface area contributed by atoms with Crippen molar-refractivity contribution in [2.75, 3.05) is 6.54 Å². The number of nitriles is 1. The Bertz CT molecular complexity index is 1020. The summed E-state index contributed by atoms with van der Waals surface area (Å²) in [6.45, 7) is 0.892. The van der Waals surface area contributed by atoms with Crippen LogP contribution >= 0.6 is 27.5 Å². The van der Waals surface area contributed by atoms with Gasteiger partial charge in [-0.15, -0.1) is 0 Å². The maximum Gasteiger partial charge on any atom is 0.124 e. The van der Waals surface area contributed by atoms with E-state index in [0.29, 0.717) is 10.6 Å². The number of halogens is 3. The van der Waals surface area contributed by atoms with Gasteiger partial charge in [0.05, 0.1) is 17.7 Å². The van der Waals surface area contributed by atoms with Crippen LogP contribution in [0.5, 0.6) is 0 Å². The third-order valence-corrected chi connectivity index (χ3v) is 5.89. The van der Waals surface area contributed by atoms with Crippen molar-refractivity contribution in [2.45, 2.75) is 18.5 Å². The zero-order valence-corrected chi connectivity index (χ0v) is 17.3. The molecule has 4 rings (SSSR count). The second-order valence-corrected chi connectivity index (χ2v) is 8.29. The van der Waals surface area contributed by atoms with Gasteiger partial charge in [0, 0.05) is 22.1 Å². The summed E-state index contributed by atoms with van der Waals surface area (Å²) in [5.41, 5.74) is 3.72. The Hall–Kier alpha value is -2.19. The molecule has 5 heteroatoms. The van der Waals surface area contributed by atoms with Gasteiger partial charge in [-0.3, -0.25) is 4.90 Å². The maximum absolute atomic E-state index is 14.0. The molecule has 3 aromatic carbocycles. The number of hydrogen-bond acceptors (Lipinski definition) is 2. The van der Waals surface area contributed by atoms with Crippen LogP contribution in [0.3, 0.4) is 0 Å². The summed E-state index contributed by atoms with van der Waals surface area (Å²) >= 11 is 9.49. The first-order chi connectivity index (χ1) is 13.5. The summed E-state index contributed by atoms with van der Waals surface area (Å²) in [4.78, 5) is 2.35. The molecular weight excluding hydrogens is 439 g/mol. The average Bonchev–Trinajstić information content (AvgIpc) is 2.65.